The zero-order valence-electron chi connectivity index (χ0n) is 9.42. The lowest BCUT2D eigenvalue weighted by Crippen LogP contribution is -2.33. The molecule has 1 fully saturated rings. The fourth-order valence-corrected chi connectivity index (χ4v) is 3.87. The van der Waals surface area contributed by atoms with Crippen molar-refractivity contribution < 1.29 is 8.42 Å². The molecule has 16 heavy (non-hydrogen) atoms. The molecule has 1 unspecified atom stereocenters. The summed E-state index contributed by atoms with van der Waals surface area (Å²) in [6.07, 6.45) is 3.26. The van der Waals surface area contributed by atoms with Gasteiger partial charge >= 0.3 is 0 Å². The highest BCUT2D eigenvalue weighted by atomic mass is 32.2. The molecule has 1 aliphatic rings. The zero-order valence-corrected chi connectivity index (χ0v) is 10.2. The molecular formula is C9H16N4O2S. The summed E-state index contributed by atoms with van der Waals surface area (Å²) < 4.78 is 27.5. The average Bonchev–Trinajstić information content (AvgIpc) is 2.72. The fraction of sp³-hybridized carbons (Fsp3) is 0.667. The Hall–Kier alpha value is -1.08. The second-order valence-electron chi connectivity index (χ2n) is 4.16. The van der Waals surface area contributed by atoms with Gasteiger partial charge in [0.1, 0.15) is 4.90 Å². The van der Waals surface area contributed by atoms with Crippen molar-refractivity contribution in [2.24, 2.45) is 7.05 Å². The molecule has 2 heterocycles. The number of hydrogen-bond donors (Lipinski definition) is 1. The summed E-state index contributed by atoms with van der Waals surface area (Å²) in [4.78, 5) is 0.115. The lowest BCUT2D eigenvalue weighted by atomic mass is 10.3. The number of hydrogen-bond acceptors (Lipinski definition) is 4. The van der Waals surface area contributed by atoms with Crippen molar-refractivity contribution in [3.8, 4) is 0 Å². The summed E-state index contributed by atoms with van der Waals surface area (Å²) in [5.74, 6) is 0.0709. The van der Waals surface area contributed by atoms with E-state index in [2.05, 4.69) is 5.10 Å². The van der Waals surface area contributed by atoms with Crippen molar-refractivity contribution >= 4 is 15.8 Å². The van der Waals surface area contributed by atoms with Crippen LogP contribution in [0.25, 0.3) is 0 Å². The standard InChI is InChI=1S/C9H16N4O2S/c1-7-4-3-5-13(7)16(14,15)8-6-12(2)11-9(8)10/h6-7H,3-5H2,1-2H3,(H2,10,11). The molecule has 0 aromatic carbocycles. The van der Waals surface area contributed by atoms with E-state index in [-0.39, 0.29) is 16.8 Å². The summed E-state index contributed by atoms with van der Waals surface area (Å²) in [5.41, 5.74) is 5.60. The number of anilines is 1. The number of nitrogens with zero attached hydrogens (tertiary/aromatic N) is 3. The average molecular weight is 244 g/mol. The van der Waals surface area contributed by atoms with E-state index in [1.54, 1.807) is 7.05 Å². The van der Waals surface area contributed by atoms with Gasteiger partial charge < -0.3 is 5.73 Å². The first kappa shape index (κ1) is 11.4. The van der Waals surface area contributed by atoms with Crippen molar-refractivity contribution in [2.75, 3.05) is 12.3 Å². The summed E-state index contributed by atoms with van der Waals surface area (Å²) in [6, 6.07) is 0.0459. The van der Waals surface area contributed by atoms with Gasteiger partial charge in [-0.1, -0.05) is 0 Å². The summed E-state index contributed by atoms with van der Waals surface area (Å²) in [7, 11) is -1.82. The molecule has 0 radical (unpaired) electrons. The van der Waals surface area contributed by atoms with Crippen molar-refractivity contribution in [1.82, 2.24) is 14.1 Å². The lowest BCUT2D eigenvalue weighted by Gasteiger charge is -2.19. The number of rotatable bonds is 2. The topological polar surface area (TPSA) is 81.2 Å². The van der Waals surface area contributed by atoms with Crippen LogP contribution >= 0.6 is 0 Å². The van der Waals surface area contributed by atoms with Crippen LogP contribution in [0, 0.1) is 0 Å². The number of aromatic nitrogens is 2. The van der Waals surface area contributed by atoms with Gasteiger partial charge in [0.2, 0.25) is 10.0 Å². The first-order chi connectivity index (χ1) is 7.43. The summed E-state index contributed by atoms with van der Waals surface area (Å²) in [6.45, 7) is 2.48. The van der Waals surface area contributed by atoms with Crippen molar-refractivity contribution in [1.29, 1.82) is 0 Å². The van der Waals surface area contributed by atoms with E-state index < -0.39 is 10.0 Å². The maximum atomic E-state index is 12.3. The van der Waals surface area contributed by atoms with E-state index in [0.29, 0.717) is 6.54 Å². The Morgan fingerprint density at radius 3 is 2.69 bits per heavy atom. The van der Waals surface area contributed by atoms with Gasteiger partial charge in [-0.25, -0.2) is 8.42 Å². The minimum atomic E-state index is -3.47. The molecule has 1 saturated heterocycles. The Kier molecular flexibility index (Phi) is 2.67. The van der Waals surface area contributed by atoms with E-state index in [0.717, 1.165) is 12.8 Å². The first-order valence-electron chi connectivity index (χ1n) is 5.24. The van der Waals surface area contributed by atoms with Gasteiger partial charge in [0.05, 0.1) is 0 Å². The summed E-state index contributed by atoms with van der Waals surface area (Å²) >= 11 is 0. The highest BCUT2D eigenvalue weighted by Gasteiger charge is 2.34. The largest absolute Gasteiger partial charge is 0.381 e. The van der Waals surface area contributed by atoms with Crippen molar-refractivity contribution in [3.05, 3.63) is 6.20 Å². The van der Waals surface area contributed by atoms with Crippen LogP contribution in [0.1, 0.15) is 19.8 Å². The molecule has 2 rings (SSSR count). The van der Waals surface area contributed by atoms with Gasteiger partial charge in [0, 0.05) is 25.8 Å². The Morgan fingerprint density at radius 2 is 2.25 bits per heavy atom. The molecule has 1 aromatic rings. The fourth-order valence-electron chi connectivity index (χ4n) is 2.07. The molecule has 6 nitrogen and oxygen atoms in total. The van der Waals surface area contributed by atoms with Crippen molar-refractivity contribution in [3.63, 3.8) is 0 Å². The Bertz CT molecular complexity index is 494. The molecule has 0 bridgehead atoms. The Balaban J connectivity index is 2.42. The monoisotopic (exact) mass is 244 g/mol. The van der Waals surface area contributed by atoms with Gasteiger partial charge in [-0.05, 0) is 19.8 Å². The highest BCUT2D eigenvalue weighted by Crippen LogP contribution is 2.27. The predicted molar refractivity (Wildman–Crippen MR) is 60.2 cm³/mol. The molecule has 1 aliphatic heterocycles. The molecule has 1 aromatic heterocycles. The second-order valence-corrected chi connectivity index (χ2v) is 6.02. The SMILES string of the molecule is CC1CCCN1S(=O)(=O)c1cn(C)nc1N. The maximum Gasteiger partial charge on any atom is 0.248 e. The van der Waals surface area contributed by atoms with E-state index in [9.17, 15) is 8.42 Å². The number of aryl methyl sites for hydroxylation is 1. The van der Waals surface area contributed by atoms with Crippen LogP contribution in [0.4, 0.5) is 5.82 Å². The van der Waals surface area contributed by atoms with E-state index in [1.807, 2.05) is 6.92 Å². The van der Waals surface area contributed by atoms with E-state index in [1.165, 1.54) is 15.2 Å². The third-order valence-electron chi connectivity index (χ3n) is 2.90. The van der Waals surface area contributed by atoms with Gasteiger partial charge in [-0.3, -0.25) is 4.68 Å². The van der Waals surface area contributed by atoms with Crippen LogP contribution in [0.2, 0.25) is 0 Å². The third kappa shape index (κ3) is 1.69. The van der Waals surface area contributed by atoms with Crippen LogP contribution in [-0.4, -0.2) is 35.1 Å². The van der Waals surface area contributed by atoms with E-state index in [4.69, 9.17) is 5.73 Å². The van der Waals surface area contributed by atoms with Crippen LogP contribution < -0.4 is 5.73 Å². The summed E-state index contributed by atoms with van der Waals surface area (Å²) in [5, 5.41) is 3.86. The van der Waals surface area contributed by atoms with Crippen LogP contribution in [-0.2, 0) is 17.1 Å². The number of nitrogens with two attached hydrogens (primary N) is 1. The highest BCUT2D eigenvalue weighted by molar-refractivity contribution is 7.89. The van der Waals surface area contributed by atoms with Gasteiger partial charge in [-0.2, -0.15) is 9.40 Å². The molecule has 0 aliphatic carbocycles. The number of sulfonamides is 1. The normalized spacial score (nSPS) is 22.8. The third-order valence-corrected chi connectivity index (χ3v) is 4.93. The smallest absolute Gasteiger partial charge is 0.248 e. The van der Waals surface area contributed by atoms with Crippen LogP contribution in [0.5, 0.6) is 0 Å². The molecule has 7 heteroatoms. The maximum absolute atomic E-state index is 12.3. The molecule has 2 N–H and O–H groups in total. The van der Waals surface area contributed by atoms with Crippen LogP contribution in [0.3, 0.4) is 0 Å². The minimum absolute atomic E-state index is 0.0459. The molecule has 0 saturated carbocycles. The van der Waals surface area contributed by atoms with Crippen molar-refractivity contribution in [2.45, 2.75) is 30.7 Å². The zero-order chi connectivity index (χ0) is 11.9. The predicted octanol–water partition coefficient (Wildman–Crippen LogP) is 0.175. The number of nitrogen functional groups attached to an aromatic ring is 1. The Morgan fingerprint density at radius 1 is 1.56 bits per heavy atom. The van der Waals surface area contributed by atoms with Crippen LogP contribution in [0.15, 0.2) is 11.1 Å². The quantitative estimate of drug-likeness (QED) is 0.804. The van der Waals surface area contributed by atoms with Gasteiger partial charge in [-0.15, -0.1) is 0 Å². The first-order valence-corrected chi connectivity index (χ1v) is 6.68. The minimum Gasteiger partial charge on any atom is -0.381 e. The van der Waals surface area contributed by atoms with E-state index >= 15 is 0 Å². The molecular weight excluding hydrogens is 228 g/mol. The van der Waals surface area contributed by atoms with Gasteiger partial charge in [0.15, 0.2) is 5.82 Å². The van der Waals surface area contributed by atoms with Gasteiger partial charge in [0.25, 0.3) is 0 Å². The lowest BCUT2D eigenvalue weighted by molar-refractivity contribution is 0.408. The Labute approximate surface area is 95.1 Å². The molecule has 1 atom stereocenters. The molecule has 90 valence electrons. The second kappa shape index (κ2) is 3.74. The molecule has 0 amide bonds. The molecule has 0 spiro atoms.